The quantitative estimate of drug-likeness (QED) is 0.173. The highest BCUT2D eigenvalue weighted by Gasteiger charge is 2.35. The van der Waals surface area contributed by atoms with Crippen LogP contribution in [0, 0.1) is 0 Å². The molecule has 0 saturated carbocycles. The average molecular weight is 698 g/mol. The van der Waals surface area contributed by atoms with E-state index in [0.29, 0.717) is 25.2 Å². The predicted octanol–water partition coefficient (Wildman–Crippen LogP) is 5.36. The Bertz CT molecular complexity index is 1520. The number of rotatable bonds is 9. The molecule has 14 heteroatoms. The van der Waals surface area contributed by atoms with Gasteiger partial charge in [-0.15, -0.1) is 0 Å². The first kappa shape index (κ1) is 29.2. The average Bonchev–Trinajstić information content (AvgIpc) is 3.51. The minimum Gasteiger partial charge on any atom is -0.493 e. The SMILES string of the molecule is COC(=O)c1ccc(CN2C(=O)N/C(=C\c3cc(OC)c(OCC(=O)Nc4ccc(Cl)cc4)c(Br)c3Br)C2=O)o1. The fraction of sp³-hybridized carbons (Fsp3) is 0.154. The Morgan fingerprint density at radius 2 is 1.82 bits per heavy atom. The smallest absolute Gasteiger partial charge is 0.373 e. The lowest BCUT2D eigenvalue weighted by atomic mass is 10.1. The van der Waals surface area contributed by atoms with Gasteiger partial charge in [0.05, 0.1) is 25.2 Å². The Morgan fingerprint density at radius 1 is 1.10 bits per heavy atom. The van der Waals surface area contributed by atoms with Gasteiger partial charge in [-0.1, -0.05) is 11.6 Å². The van der Waals surface area contributed by atoms with Crippen molar-refractivity contribution in [3.8, 4) is 11.5 Å². The van der Waals surface area contributed by atoms with E-state index in [0.717, 1.165) is 4.90 Å². The molecule has 0 radical (unpaired) electrons. The van der Waals surface area contributed by atoms with Crippen LogP contribution >= 0.6 is 43.5 Å². The Morgan fingerprint density at radius 3 is 2.50 bits per heavy atom. The van der Waals surface area contributed by atoms with E-state index in [-0.39, 0.29) is 41.9 Å². The summed E-state index contributed by atoms with van der Waals surface area (Å²) in [4.78, 5) is 50.4. The maximum absolute atomic E-state index is 13.0. The molecule has 4 amide bonds. The molecule has 1 aliphatic rings. The fourth-order valence-corrected chi connectivity index (χ4v) is 4.64. The topological polar surface area (TPSA) is 136 Å². The molecule has 1 fully saturated rings. The molecule has 0 spiro atoms. The Labute approximate surface area is 249 Å². The number of imide groups is 1. The zero-order valence-corrected chi connectivity index (χ0v) is 24.8. The van der Waals surface area contributed by atoms with Gasteiger partial charge in [-0.25, -0.2) is 9.59 Å². The van der Waals surface area contributed by atoms with Crippen LogP contribution in [0.1, 0.15) is 21.9 Å². The third-order valence-electron chi connectivity index (χ3n) is 5.48. The molecule has 2 aromatic carbocycles. The van der Waals surface area contributed by atoms with Crippen molar-refractivity contribution >= 4 is 79.0 Å². The van der Waals surface area contributed by atoms with Crippen LogP contribution in [0.2, 0.25) is 5.02 Å². The first-order valence-corrected chi connectivity index (χ1v) is 13.3. The zero-order chi connectivity index (χ0) is 29.0. The zero-order valence-electron chi connectivity index (χ0n) is 20.9. The van der Waals surface area contributed by atoms with Crippen molar-refractivity contribution in [2.24, 2.45) is 0 Å². The maximum Gasteiger partial charge on any atom is 0.373 e. The molecule has 0 bridgehead atoms. The monoisotopic (exact) mass is 695 g/mol. The second kappa shape index (κ2) is 12.6. The molecule has 11 nitrogen and oxygen atoms in total. The Balaban J connectivity index is 1.49. The molecule has 0 aliphatic carbocycles. The number of carbonyl (C=O) groups is 4. The summed E-state index contributed by atoms with van der Waals surface area (Å²) >= 11 is 12.8. The van der Waals surface area contributed by atoms with Gasteiger partial charge in [-0.2, -0.15) is 0 Å². The lowest BCUT2D eigenvalue weighted by Crippen LogP contribution is -2.30. The van der Waals surface area contributed by atoms with Gasteiger partial charge in [0.1, 0.15) is 11.5 Å². The maximum atomic E-state index is 13.0. The van der Waals surface area contributed by atoms with Crippen molar-refractivity contribution in [2.45, 2.75) is 6.54 Å². The number of amides is 4. The van der Waals surface area contributed by atoms with E-state index in [2.05, 4.69) is 47.2 Å². The summed E-state index contributed by atoms with van der Waals surface area (Å²) in [5, 5.41) is 5.77. The van der Waals surface area contributed by atoms with Gasteiger partial charge >= 0.3 is 12.0 Å². The third-order valence-corrected chi connectivity index (χ3v) is 7.87. The summed E-state index contributed by atoms with van der Waals surface area (Å²) in [5.74, 6) is -1.02. The van der Waals surface area contributed by atoms with Gasteiger partial charge < -0.3 is 29.3 Å². The van der Waals surface area contributed by atoms with E-state index in [9.17, 15) is 19.2 Å². The molecular formula is C26H20Br2ClN3O8. The fourth-order valence-electron chi connectivity index (χ4n) is 3.56. The molecule has 40 heavy (non-hydrogen) atoms. The molecule has 2 heterocycles. The molecule has 1 aliphatic heterocycles. The molecule has 0 unspecified atom stereocenters. The lowest BCUT2D eigenvalue weighted by molar-refractivity contribution is -0.123. The number of halogens is 3. The van der Waals surface area contributed by atoms with E-state index in [1.54, 1.807) is 30.3 Å². The number of methoxy groups -OCH3 is 2. The molecule has 1 aromatic heterocycles. The van der Waals surface area contributed by atoms with Crippen molar-refractivity contribution in [1.29, 1.82) is 0 Å². The largest absolute Gasteiger partial charge is 0.493 e. The highest BCUT2D eigenvalue weighted by Crippen LogP contribution is 2.43. The second-order valence-corrected chi connectivity index (χ2v) is 10.1. The van der Waals surface area contributed by atoms with E-state index in [4.69, 9.17) is 25.5 Å². The minimum atomic E-state index is -0.678. The van der Waals surface area contributed by atoms with E-state index in [1.807, 2.05) is 0 Å². The first-order chi connectivity index (χ1) is 19.1. The van der Waals surface area contributed by atoms with Crippen LogP contribution in [0.5, 0.6) is 11.5 Å². The highest BCUT2D eigenvalue weighted by atomic mass is 79.9. The Kier molecular flexibility index (Phi) is 9.17. The van der Waals surface area contributed by atoms with E-state index in [1.165, 1.54) is 32.4 Å². The molecule has 208 valence electrons. The van der Waals surface area contributed by atoms with Crippen molar-refractivity contribution < 1.29 is 37.8 Å². The number of hydrogen-bond donors (Lipinski definition) is 2. The van der Waals surface area contributed by atoms with Gasteiger partial charge in [-0.3, -0.25) is 14.5 Å². The van der Waals surface area contributed by atoms with Crippen LogP contribution in [0.4, 0.5) is 10.5 Å². The number of ether oxygens (including phenoxy) is 3. The van der Waals surface area contributed by atoms with Gasteiger partial charge in [-0.05, 0) is 86.0 Å². The molecule has 4 rings (SSSR count). The summed E-state index contributed by atoms with van der Waals surface area (Å²) in [6.07, 6.45) is 1.45. The van der Waals surface area contributed by atoms with Crippen LogP contribution in [0.25, 0.3) is 6.08 Å². The van der Waals surface area contributed by atoms with Crippen LogP contribution in [-0.4, -0.2) is 49.5 Å². The van der Waals surface area contributed by atoms with Crippen molar-refractivity contribution in [3.63, 3.8) is 0 Å². The lowest BCUT2D eigenvalue weighted by Gasteiger charge is -2.15. The number of benzene rings is 2. The van der Waals surface area contributed by atoms with Crippen LogP contribution in [0.15, 0.2) is 61.5 Å². The molecule has 0 atom stereocenters. The van der Waals surface area contributed by atoms with Crippen molar-refractivity contribution in [3.05, 3.63) is 79.2 Å². The summed E-state index contributed by atoms with van der Waals surface area (Å²) < 4.78 is 22.0. The number of esters is 1. The third kappa shape index (κ3) is 6.49. The number of urea groups is 1. The van der Waals surface area contributed by atoms with Crippen LogP contribution in [0.3, 0.4) is 0 Å². The second-order valence-electron chi connectivity index (χ2n) is 8.11. The van der Waals surface area contributed by atoms with E-state index < -0.39 is 23.8 Å². The normalized spacial score (nSPS) is 13.8. The molecular weight excluding hydrogens is 678 g/mol. The van der Waals surface area contributed by atoms with E-state index >= 15 is 0 Å². The number of furan rings is 1. The van der Waals surface area contributed by atoms with Gasteiger partial charge in [0.25, 0.3) is 11.8 Å². The molecule has 1 saturated heterocycles. The number of hydrogen-bond acceptors (Lipinski definition) is 8. The summed E-state index contributed by atoms with van der Waals surface area (Å²) in [6.45, 7) is -0.517. The molecule has 2 N–H and O–H groups in total. The summed E-state index contributed by atoms with van der Waals surface area (Å²) in [6, 6.07) is 10.4. The highest BCUT2D eigenvalue weighted by molar-refractivity contribution is 9.13. The number of nitrogens with zero attached hydrogens (tertiary/aromatic N) is 1. The Hall–Kier alpha value is -3.81. The van der Waals surface area contributed by atoms with Crippen LogP contribution in [-0.2, 0) is 20.9 Å². The van der Waals surface area contributed by atoms with Gasteiger partial charge in [0, 0.05) is 15.2 Å². The summed E-state index contributed by atoms with van der Waals surface area (Å²) in [5.41, 5.74) is 1.02. The van der Waals surface area contributed by atoms with Crippen molar-refractivity contribution in [1.82, 2.24) is 10.2 Å². The number of anilines is 1. The molecule has 3 aromatic rings. The van der Waals surface area contributed by atoms with Gasteiger partial charge in [0.2, 0.25) is 5.76 Å². The van der Waals surface area contributed by atoms with Crippen LogP contribution < -0.4 is 20.1 Å². The first-order valence-electron chi connectivity index (χ1n) is 11.4. The number of carbonyl (C=O) groups excluding carboxylic acids is 4. The standard InChI is InChI=1S/C26H20Br2ClN3O8/c1-37-19-10-13(21(27)22(28)23(19)39-12-20(33)30-15-5-3-14(29)4-6-15)9-17-24(34)32(26(36)31-17)11-16-7-8-18(40-16)25(35)38-2/h3-10H,11-12H2,1-2H3,(H,30,33)(H,31,36)/b17-9-. The summed E-state index contributed by atoms with van der Waals surface area (Å²) in [7, 11) is 2.63. The number of nitrogens with one attached hydrogen (secondary N) is 2. The van der Waals surface area contributed by atoms with Crippen molar-refractivity contribution in [2.75, 3.05) is 26.1 Å². The van der Waals surface area contributed by atoms with Gasteiger partial charge in [0.15, 0.2) is 18.1 Å². The predicted molar refractivity (Wildman–Crippen MR) is 151 cm³/mol. The minimum absolute atomic E-state index is 0.00425.